The number of carbonyl (C=O) groups excluding carboxylic acids is 2. The maximum Gasteiger partial charge on any atom is 0.338 e. The topological polar surface area (TPSA) is 67.4 Å². The first kappa shape index (κ1) is 18.7. The Morgan fingerprint density at radius 3 is 2.52 bits per heavy atom. The van der Waals surface area contributed by atoms with Gasteiger partial charge < -0.3 is 15.4 Å². The van der Waals surface area contributed by atoms with Gasteiger partial charge in [0.1, 0.15) is 0 Å². The maximum absolute atomic E-state index is 13.0. The number of nitrogens with one attached hydrogen (secondary N) is 2. The van der Waals surface area contributed by atoms with Crippen molar-refractivity contribution in [2.24, 2.45) is 0 Å². The minimum absolute atomic E-state index is 0.274. The molecule has 0 radical (unpaired) electrons. The molecule has 0 saturated heterocycles. The number of esters is 1. The van der Waals surface area contributed by atoms with Crippen molar-refractivity contribution in [1.29, 1.82) is 0 Å². The molecule has 0 spiro atoms. The molecule has 146 valence electrons. The number of hydrogen-bond acceptors (Lipinski definition) is 3. The molecule has 1 heterocycles. The van der Waals surface area contributed by atoms with Gasteiger partial charge in [-0.15, -0.1) is 0 Å². The number of ether oxygens (including phenoxy) is 1. The number of rotatable bonds is 5. The number of carbonyl (C=O) groups is 2. The van der Waals surface area contributed by atoms with Gasteiger partial charge in [0.15, 0.2) is 0 Å². The second-order valence-electron chi connectivity index (χ2n) is 7.01. The largest absolute Gasteiger partial charge is 0.462 e. The van der Waals surface area contributed by atoms with Crippen molar-refractivity contribution in [3.05, 3.63) is 95.2 Å². The van der Waals surface area contributed by atoms with Gasteiger partial charge in [0, 0.05) is 12.1 Å². The van der Waals surface area contributed by atoms with E-state index < -0.39 is 12.0 Å². The number of benzene rings is 3. The van der Waals surface area contributed by atoms with Gasteiger partial charge in [-0.25, -0.2) is 9.59 Å². The number of fused-ring (bicyclic) bond motifs is 1. The van der Waals surface area contributed by atoms with Crippen LogP contribution in [-0.2, 0) is 16.0 Å². The van der Waals surface area contributed by atoms with E-state index in [1.807, 2.05) is 72.8 Å². The fraction of sp³-hybridized carbons (Fsp3) is 0.167. The Morgan fingerprint density at radius 1 is 0.966 bits per heavy atom. The molecular weight excluding hydrogens is 364 g/mol. The van der Waals surface area contributed by atoms with E-state index in [2.05, 4.69) is 10.6 Å². The van der Waals surface area contributed by atoms with Crippen LogP contribution in [0, 0.1) is 0 Å². The Kier molecular flexibility index (Phi) is 5.29. The lowest BCUT2D eigenvalue weighted by atomic mass is 9.91. The van der Waals surface area contributed by atoms with Crippen molar-refractivity contribution in [2.75, 3.05) is 6.61 Å². The van der Waals surface area contributed by atoms with Crippen molar-refractivity contribution >= 4 is 22.8 Å². The average molecular weight is 386 g/mol. The molecule has 0 fully saturated rings. The van der Waals surface area contributed by atoms with Crippen LogP contribution in [0.5, 0.6) is 0 Å². The fourth-order valence-electron chi connectivity index (χ4n) is 3.68. The van der Waals surface area contributed by atoms with Crippen LogP contribution >= 0.6 is 0 Å². The van der Waals surface area contributed by atoms with Crippen LogP contribution in [0.4, 0.5) is 4.79 Å². The highest BCUT2D eigenvalue weighted by atomic mass is 16.5. The SMILES string of the molecule is CC1=C(C(=O)OCCc2ccccc2)C(c2cccc3ccccc23)NC(=O)N1. The van der Waals surface area contributed by atoms with Gasteiger partial charge in [0.05, 0.1) is 18.2 Å². The van der Waals surface area contributed by atoms with Crippen LogP contribution in [-0.4, -0.2) is 18.6 Å². The zero-order valence-corrected chi connectivity index (χ0v) is 16.1. The Morgan fingerprint density at radius 2 is 1.69 bits per heavy atom. The van der Waals surface area contributed by atoms with Crippen molar-refractivity contribution in [3.63, 3.8) is 0 Å². The summed E-state index contributed by atoms with van der Waals surface area (Å²) in [6.07, 6.45) is 0.637. The molecule has 3 aromatic carbocycles. The van der Waals surface area contributed by atoms with Gasteiger partial charge in [-0.2, -0.15) is 0 Å². The Balaban J connectivity index is 1.61. The molecule has 2 N–H and O–H groups in total. The highest BCUT2D eigenvalue weighted by Gasteiger charge is 2.33. The van der Waals surface area contributed by atoms with Crippen molar-refractivity contribution in [2.45, 2.75) is 19.4 Å². The molecule has 0 aliphatic carbocycles. The molecule has 1 unspecified atom stereocenters. The smallest absolute Gasteiger partial charge is 0.338 e. The molecular formula is C24H22N2O3. The summed E-state index contributed by atoms with van der Waals surface area (Å²) < 4.78 is 5.57. The van der Waals surface area contributed by atoms with Gasteiger partial charge in [-0.1, -0.05) is 72.8 Å². The normalized spacial score (nSPS) is 16.3. The summed E-state index contributed by atoms with van der Waals surface area (Å²) in [5, 5.41) is 7.62. The second-order valence-corrected chi connectivity index (χ2v) is 7.01. The van der Waals surface area contributed by atoms with Crippen molar-refractivity contribution in [3.8, 4) is 0 Å². The standard InChI is InChI=1S/C24H22N2O3/c1-16-21(23(27)29-15-14-17-8-3-2-4-9-17)22(26-24(28)25-16)20-13-7-11-18-10-5-6-12-19(18)20/h2-13,22H,14-15H2,1H3,(H2,25,26,28). The first-order valence-electron chi connectivity index (χ1n) is 9.60. The van der Waals surface area contributed by atoms with Gasteiger partial charge in [0.2, 0.25) is 0 Å². The van der Waals surface area contributed by atoms with Gasteiger partial charge in [-0.05, 0) is 28.8 Å². The summed E-state index contributed by atoms with van der Waals surface area (Å²) >= 11 is 0. The molecule has 1 aliphatic rings. The third kappa shape index (κ3) is 3.99. The summed E-state index contributed by atoms with van der Waals surface area (Å²) in [5.74, 6) is -0.427. The van der Waals surface area contributed by atoms with Gasteiger partial charge >= 0.3 is 12.0 Å². The van der Waals surface area contributed by atoms with Crippen LogP contribution in [0.15, 0.2) is 84.1 Å². The number of amides is 2. The first-order valence-corrected chi connectivity index (χ1v) is 9.60. The van der Waals surface area contributed by atoms with Crippen LogP contribution in [0.25, 0.3) is 10.8 Å². The van der Waals surface area contributed by atoms with Crippen LogP contribution in [0.3, 0.4) is 0 Å². The first-order chi connectivity index (χ1) is 14.1. The van der Waals surface area contributed by atoms with Crippen molar-refractivity contribution in [1.82, 2.24) is 10.6 Å². The Hall–Kier alpha value is -3.60. The van der Waals surface area contributed by atoms with Crippen molar-refractivity contribution < 1.29 is 14.3 Å². The summed E-state index contributed by atoms with van der Waals surface area (Å²) in [5.41, 5.74) is 2.91. The van der Waals surface area contributed by atoms with E-state index in [0.29, 0.717) is 17.7 Å². The molecule has 0 saturated carbocycles. The van der Waals surface area contributed by atoms with E-state index in [4.69, 9.17) is 4.74 Å². The van der Waals surface area contributed by atoms with Gasteiger partial charge in [-0.3, -0.25) is 0 Å². The minimum Gasteiger partial charge on any atom is -0.462 e. The number of urea groups is 1. The molecule has 0 bridgehead atoms. The average Bonchev–Trinajstić information content (AvgIpc) is 2.73. The quantitative estimate of drug-likeness (QED) is 0.644. The monoisotopic (exact) mass is 386 g/mol. The third-order valence-corrected chi connectivity index (χ3v) is 5.09. The summed E-state index contributed by atoms with van der Waals surface area (Å²) in [7, 11) is 0. The molecule has 29 heavy (non-hydrogen) atoms. The Bertz CT molecular complexity index is 1080. The molecule has 4 rings (SSSR count). The zero-order valence-electron chi connectivity index (χ0n) is 16.1. The molecule has 3 aromatic rings. The van der Waals surface area contributed by atoms with Crippen LogP contribution in [0.1, 0.15) is 24.1 Å². The van der Waals surface area contributed by atoms with E-state index in [9.17, 15) is 9.59 Å². The van der Waals surface area contributed by atoms with E-state index in [1.54, 1.807) is 6.92 Å². The molecule has 1 aliphatic heterocycles. The molecule has 0 aromatic heterocycles. The molecule has 2 amide bonds. The summed E-state index contributed by atoms with van der Waals surface area (Å²) in [6.45, 7) is 2.00. The lowest BCUT2D eigenvalue weighted by molar-refractivity contribution is -0.139. The lowest BCUT2D eigenvalue weighted by Gasteiger charge is -2.29. The second kappa shape index (κ2) is 8.19. The predicted octanol–water partition coefficient (Wildman–Crippen LogP) is 4.25. The zero-order chi connectivity index (χ0) is 20.2. The maximum atomic E-state index is 13.0. The number of allylic oxidation sites excluding steroid dienone is 1. The number of hydrogen-bond donors (Lipinski definition) is 2. The Labute approximate surface area is 169 Å². The van der Waals surface area contributed by atoms with E-state index in [-0.39, 0.29) is 12.6 Å². The highest BCUT2D eigenvalue weighted by molar-refractivity contribution is 5.97. The molecule has 5 nitrogen and oxygen atoms in total. The lowest BCUT2D eigenvalue weighted by Crippen LogP contribution is -2.45. The van der Waals surface area contributed by atoms with E-state index in [0.717, 1.165) is 21.9 Å². The highest BCUT2D eigenvalue weighted by Crippen LogP contribution is 2.32. The van der Waals surface area contributed by atoms with Gasteiger partial charge in [0.25, 0.3) is 0 Å². The summed E-state index contributed by atoms with van der Waals surface area (Å²) in [6, 6.07) is 22.8. The van der Waals surface area contributed by atoms with E-state index >= 15 is 0 Å². The van der Waals surface area contributed by atoms with E-state index in [1.165, 1.54) is 0 Å². The minimum atomic E-state index is -0.570. The molecule has 5 heteroatoms. The third-order valence-electron chi connectivity index (χ3n) is 5.09. The summed E-state index contributed by atoms with van der Waals surface area (Å²) in [4.78, 5) is 25.1. The molecule has 1 atom stereocenters. The predicted molar refractivity (Wildman–Crippen MR) is 112 cm³/mol. The van der Waals surface area contributed by atoms with Crippen LogP contribution < -0.4 is 10.6 Å². The fourth-order valence-corrected chi connectivity index (χ4v) is 3.68. The van der Waals surface area contributed by atoms with Crippen LogP contribution in [0.2, 0.25) is 0 Å².